The molecule has 0 bridgehead atoms. The lowest BCUT2D eigenvalue weighted by atomic mass is 10.1. The van der Waals surface area contributed by atoms with E-state index in [9.17, 15) is 18.0 Å². The molecule has 9 heteroatoms. The fourth-order valence-electron chi connectivity index (χ4n) is 2.41. The number of rotatable bonds is 2. The minimum Gasteiger partial charge on any atom is -0.473 e. The van der Waals surface area contributed by atoms with E-state index in [-0.39, 0.29) is 11.4 Å². The molecule has 1 fully saturated rings. The van der Waals surface area contributed by atoms with Gasteiger partial charge in [-0.3, -0.25) is 0 Å². The van der Waals surface area contributed by atoms with E-state index in [1.165, 1.54) is 4.90 Å². The Morgan fingerprint density at radius 1 is 1.27 bits per heavy atom. The normalized spacial score (nSPS) is 16.1. The maximum absolute atomic E-state index is 12.8. The van der Waals surface area contributed by atoms with E-state index < -0.39 is 29.7 Å². The first-order valence-electron chi connectivity index (χ1n) is 8.12. The molecular formula is C17H20F3N3O3. The largest absolute Gasteiger partial charge is 0.473 e. The van der Waals surface area contributed by atoms with Crippen LogP contribution in [0, 0.1) is 11.3 Å². The minimum atomic E-state index is -4.62. The highest BCUT2D eigenvalue weighted by atomic mass is 19.4. The average molecular weight is 371 g/mol. The summed E-state index contributed by atoms with van der Waals surface area (Å²) in [5.74, 6) is -0.335. The van der Waals surface area contributed by atoms with Crippen LogP contribution in [0.25, 0.3) is 0 Å². The predicted molar refractivity (Wildman–Crippen MR) is 85.4 cm³/mol. The van der Waals surface area contributed by atoms with Crippen LogP contribution in [0.2, 0.25) is 0 Å². The molecule has 1 aliphatic rings. The van der Waals surface area contributed by atoms with E-state index in [0.29, 0.717) is 25.9 Å². The van der Waals surface area contributed by atoms with Crippen LogP contribution in [0.4, 0.5) is 18.0 Å². The van der Waals surface area contributed by atoms with Crippen molar-refractivity contribution in [2.75, 3.05) is 13.1 Å². The first-order valence-corrected chi connectivity index (χ1v) is 8.12. The molecular weight excluding hydrogens is 351 g/mol. The molecule has 0 radical (unpaired) electrons. The van der Waals surface area contributed by atoms with Gasteiger partial charge >= 0.3 is 12.3 Å². The van der Waals surface area contributed by atoms with Crippen LogP contribution in [0.3, 0.4) is 0 Å². The van der Waals surface area contributed by atoms with Gasteiger partial charge in [0, 0.05) is 25.9 Å². The molecule has 0 saturated carbocycles. The number of alkyl halides is 3. The van der Waals surface area contributed by atoms with Gasteiger partial charge in [0.25, 0.3) is 0 Å². The second kappa shape index (κ2) is 7.40. The van der Waals surface area contributed by atoms with Crippen molar-refractivity contribution in [3.8, 4) is 11.9 Å². The number of hydrogen-bond acceptors (Lipinski definition) is 5. The summed E-state index contributed by atoms with van der Waals surface area (Å²) >= 11 is 0. The van der Waals surface area contributed by atoms with Crippen LogP contribution >= 0.6 is 0 Å². The van der Waals surface area contributed by atoms with Gasteiger partial charge in [0.05, 0.1) is 0 Å². The smallest absolute Gasteiger partial charge is 0.433 e. The number of piperidine rings is 1. The third-order valence-electron chi connectivity index (χ3n) is 3.64. The first-order chi connectivity index (χ1) is 12.0. The third-order valence-corrected chi connectivity index (χ3v) is 3.64. The molecule has 1 saturated heterocycles. The van der Waals surface area contributed by atoms with E-state index in [4.69, 9.17) is 14.7 Å². The molecule has 1 amide bonds. The van der Waals surface area contributed by atoms with E-state index >= 15 is 0 Å². The zero-order chi connectivity index (χ0) is 19.5. The van der Waals surface area contributed by atoms with E-state index in [2.05, 4.69) is 4.98 Å². The van der Waals surface area contributed by atoms with Crippen LogP contribution in [0.15, 0.2) is 12.1 Å². The predicted octanol–water partition coefficient (Wildman–Crippen LogP) is 3.75. The molecule has 0 aliphatic carbocycles. The number of carbonyl (C=O) groups excluding carboxylic acids is 1. The number of nitriles is 1. The molecule has 2 rings (SSSR count). The van der Waals surface area contributed by atoms with Gasteiger partial charge in [0.2, 0.25) is 5.88 Å². The highest BCUT2D eigenvalue weighted by Gasteiger charge is 2.34. The highest BCUT2D eigenvalue weighted by molar-refractivity contribution is 5.68. The highest BCUT2D eigenvalue weighted by Crippen LogP contribution is 2.31. The van der Waals surface area contributed by atoms with Crippen molar-refractivity contribution in [3.63, 3.8) is 0 Å². The molecule has 1 aliphatic heterocycles. The third kappa shape index (κ3) is 5.25. The number of pyridine rings is 1. The Labute approximate surface area is 149 Å². The average Bonchev–Trinajstić information content (AvgIpc) is 2.53. The summed E-state index contributed by atoms with van der Waals surface area (Å²) in [6.07, 6.45) is -4.68. The Balaban J connectivity index is 2.01. The number of carbonyl (C=O) groups is 1. The number of hydrogen-bond donors (Lipinski definition) is 0. The number of halogens is 3. The molecule has 2 heterocycles. The van der Waals surface area contributed by atoms with Crippen LogP contribution in [-0.2, 0) is 10.9 Å². The van der Waals surface area contributed by atoms with Crippen molar-refractivity contribution in [1.29, 1.82) is 5.26 Å². The van der Waals surface area contributed by atoms with Crippen LogP contribution in [0.5, 0.6) is 5.88 Å². The van der Waals surface area contributed by atoms with Crippen LogP contribution in [-0.4, -0.2) is 40.8 Å². The van der Waals surface area contributed by atoms with Gasteiger partial charge in [-0.05, 0) is 32.9 Å². The standard InChI is InChI=1S/C17H20F3N3O3/c1-16(2,3)26-15(24)23-8-6-12(7-9-23)25-14-11(10-21)4-5-13(22-14)17(18,19)20/h4-5,12H,6-9H2,1-3H3. The van der Waals surface area contributed by atoms with Gasteiger partial charge in [-0.25, -0.2) is 9.78 Å². The SMILES string of the molecule is CC(C)(C)OC(=O)N1CCC(Oc2nc(C(F)(F)F)ccc2C#N)CC1. The topological polar surface area (TPSA) is 75.4 Å². The summed E-state index contributed by atoms with van der Waals surface area (Å²) < 4.78 is 49.2. The summed E-state index contributed by atoms with van der Waals surface area (Å²) in [5, 5.41) is 9.04. The molecule has 0 spiro atoms. The molecule has 26 heavy (non-hydrogen) atoms. The maximum Gasteiger partial charge on any atom is 0.433 e. The minimum absolute atomic E-state index is 0.0624. The Kier molecular flexibility index (Phi) is 5.64. The molecule has 1 aromatic heterocycles. The van der Waals surface area contributed by atoms with Crippen molar-refractivity contribution in [1.82, 2.24) is 9.88 Å². The molecule has 0 N–H and O–H groups in total. The number of aromatic nitrogens is 1. The second-order valence-corrected chi connectivity index (χ2v) is 6.94. The Morgan fingerprint density at radius 3 is 2.38 bits per heavy atom. The van der Waals surface area contributed by atoms with Crippen LogP contribution in [0.1, 0.15) is 44.9 Å². The van der Waals surface area contributed by atoms with Gasteiger partial charge in [-0.1, -0.05) is 0 Å². The lowest BCUT2D eigenvalue weighted by Gasteiger charge is -2.33. The molecule has 142 valence electrons. The fourth-order valence-corrected chi connectivity index (χ4v) is 2.41. The summed E-state index contributed by atoms with van der Waals surface area (Å²) in [7, 11) is 0. The second-order valence-electron chi connectivity index (χ2n) is 6.94. The number of amides is 1. The molecule has 0 atom stereocenters. The molecule has 6 nitrogen and oxygen atoms in total. The number of nitrogens with zero attached hydrogens (tertiary/aromatic N) is 3. The van der Waals surface area contributed by atoms with Crippen molar-refractivity contribution in [3.05, 3.63) is 23.4 Å². The molecule has 1 aromatic rings. The van der Waals surface area contributed by atoms with Crippen molar-refractivity contribution < 1.29 is 27.4 Å². The monoisotopic (exact) mass is 371 g/mol. The molecule has 0 unspecified atom stereocenters. The lowest BCUT2D eigenvalue weighted by molar-refractivity contribution is -0.141. The summed E-state index contributed by atoms with van der Waals surface area (Å²) in [6.45, 7) is 6.00. The molecule has 0 aromatic carbocycles. The number of ether oxygens (including phenoxy) is 2. The zero-order valence-electron chi connectivity index (χ0n) is 14.8. The first kappa shape index (κ1) is 19.8. The van der Waals surface area contributed by atoms with Gasteiger partial charge in [-0.15, -0.1) is 0 Å². The quantitative estimate of drug-likeness (QED) is 0.791. The van der Waals surface area contributed by atoms with Gasteiger partial charge < -0.3 is 14.4 Å². The van der Waals surface area contributed by atoms with Gasteiger partial charge in [-0.2, -0.15) is 18.4 Å². The Hall–Kier alpha value is -2.50. The summed E-state index contributed by atoms with van der Waals surface area (Å²) in [6, 6.07) is 3.57. The zero-order valence-corrected chi connectivity index (χ0v) is 14.8. The van der Waals surface area contributed by atoms with Crippen molar-refractivity contribution in [2.24, 2.45) is 0 Å². The lowest BCUT2D eigenvalue weighted by Crippen LogP contribution is -2.44. The fraction of sp³-hybridized carbons (Fsp3) is 0.588. The Morgan fingerprint density at radius 2 is 1.88 bits per heavy atom. The summed E-state index contributed by atoms with van der Waals surface area (Å²) in [5.41, 5.74) is -1.78. The van der Waals surface area contributed by atoms with Gasteiger partial charge in [0.1, 0.15) is 29.0 Å². The van der Waals surface area contributed by atoms with Crippen LogP contribution < -0.4 is 4.74 Å². The van der Waals surface area contributed by atoms with E-state index in [1.807, 2.05) is 0 Å². The van der Waals surface area contributed by atoms with Crippen molar-refractivity contribution in [2.45, 2.75) is 51.5 Å². The maximum atomic E-state index is 12.8. The van der Waals surface area contributed by atoms with Gasteiger partial charge in [0.15, 0.2) is 0 Å². The van der Waals surface area contributed by atoms with E-state index in [0.717, 1.165) is 12.1 Å². The summed E-state index contributed by atoms with van der Waals surface area (Å²) in [4.78, 5) is 17.0. The Bertz CT molecular complexity index is 700. The number of likely N-dealkylation sites (tertiary alicyclic amines) is 1. The van der Waals surface area contributed by atoms with E-state index in [1.54, 1.807) is 26.8 Å². The van der Waals surface area contributed by atoms with Crippen molar-refractivity contribution >= 4 is 6.09 Å².